The number of non-ortho nitro benzene ring substituents is 1. The predicted molar refractivity (Wildman–Crippen MR) is 101 cm³/mol. The van der Waals surface area contributed by atoms with Crippen molar-refractivity contribution in [1.82, 2.24) is 20.2 Å². The number of benzene rings is 2. The molecule has 1 N–H and O–H groups in total. The Balaban J connectivity index is 1.70. The Labute approximate surface area is 158 Å². The van der Waals surface area contributed by atoms with Crippen LogP contribution in [0.4, 0.5) is 11.4 Å². The molecule has 0 fully saturated rings. The first-order valence-corrected chi connectivity index (χ1v) is 8.96. The Kier molecular flexibility index (Phi) is 5.46. The molecule has 0 atom stereocenters. The Hall–Kier alpha value is -3.27. The number of amides is 1. The SMILES string of the molecule is Cc1cccc(C)c1-n1nnnc1SCC(=O)Nc1cccc([N+](=O)[O-])c1. The average molecular weight is 384 g/mol. The molecule has 10 heteroatoms. The van der Waals surface area contributed by atoms with Gasteiger partial charge in [-0.25, -0.2) is 0 Å². The van der Waals surface area contributed by atoms with E-state index in [1.807, 2.05) is 32.0 Å². The van der Waals surface area contributed by atoms with Gasteiger partial charge in [-0.2, -0.15) is 4.68 Å². The molecule has 3 aromatic rings. The lowest BCUT2D eigenvalue weighted by Gasteiger charge is -2.10. The second-order valence-corrected chi connectivity index (χ2v) is 6.70. The van der Waals surface area contributed by atoms with Gasteiger partial charge in [-0.15, -0.1) is 5.10 Å². The van der Waals surface area contributed by atoms with Crippen molar-refractivity contribution in [2.45, 2.75) is 19.0 Å². The largest absolute Gasteiger partial charge is 0.325 e. The molecule has 1 heterocycles. The fraction of sp³-hybridized carbons (Fsp3) is 0.176. The first-order chi connectivity index (χ1) is 13.0. The molecule has 9 nitrogen and oxygen atoms in total. The van der Waals surface area contributed by atoms with E-state index >= 15 is 0 Å². The third-order valence-electron chi connectivity index (χ3n) is 3.77. The first kappa shape index (κ1) is 18.5. The van der Waals surface area contributed by atoms with Crippen LogP contribution in [0, 0.1) is 24.0 Å². The van der Waals surface area contributed by atoms with Gasteiger partial charge in [0.2, 0.25) is 11.1 Å². The number of thioether (sulfide) groups is 1. The quantitative estimate of drug-likeness (QED) is 0.394. The lowest BCUT2D eigenvalue weighted by Crippen LogP contribution is -2.15. The molecular formula is C17H16N6O3S. The topological polar surface area (TPSA) is 116 Å². The van der Waals surface area contributed by atoms with Crippen molar-refractivity contribution in [3.05, 3.63) is 63.7 Å². The number of para-hydroxylation sites is 1. The average Bonchev–Trinajstić information content (AvgIpc) is 3.08. The maximum absolute atomic E-state index is 12.2. The maximum atomic E-state index is 12.2. The van der Waals surface area contributed by atoms with Gasteiger partial charge in [-0.1, -0.05) is 36.0 Å². The number of hydrogen-bond acceptors (Lipinski definition) is 7. The number of hydrogen-bond donors (Lipinski definition) is 1. The molecule has 0 saturated carbocycles. The maximum Gasteiger partial charge on any atom is 0.271 e. The molecule has 1 amide bonds. The Morgan fingerprint density at radius 1 is 1.22 bits per heavy atom. The summed E-state index contributed by atoms with van der Waals surface area (Å²) in [4.78, 5) is 22.5. The van der Waals surface area contributed by atoms with E-state index in [2.05, 4.69) is 20.8 Å². The Morgan fingerprint density at radius 2 is 1.93 bits per heavy atom. The van der Waals surface area contributed by atoms with Gasteiger partial charge in [0, 0.05) is 17.8 Å². The van der Waals surface area contributed by atoms with Gasteiger partial charge in [0.25, 0.3) is 5.69 Å². The lowest BCUT2D eigenvalue weighted by atomic mass is 10.1. The van der Waals surface area contributed by atoms with Crippen LogP contribution in [0.15, 0.2) is 47.6 Å². The summed E-state index contributed by atoms with van der Waals surface area (Å²) in [5, 5.41) is 25.7. The van der Waals surface area contributed by atoms with Gasteiger partial charge < -0.3 is 5.32 Å². The summed E-state index contributed by atoms with van der Waals surface area (Å²) in [6.45, 7) is 3.93. The minimum Gasteiger partial charge on any atom is -0.325 e. The molecule has 27 heavy (non-hydrogen) atoms. The van der Waals surface area contributed by atoms with Crippen LogP contribution < -0.4 is 5.32 Å². The fourth-order valence-electron chi connectivity index (χ4n) is 2.57. The number of nitrogens with one attached hydrogen (secondary N) is 1. The molecular weight excluding hydrogens is 368 g/mol. The molecule has 0 aliphatic rings. The van der Waals surface area contributed by atoms with Crippen LogP contribution in [0.5, 0.6) is 0 Å². The smallest absolute Gasteiger partial charge is 0.271 e. The van der Waals surface area contributed by atoms with Crippen molar-refractivity contribution in [1.29, 1.82) is 0 Å². The van der Waals surface area contributed by atoms with Gasteiger partial charge in [0.05, 0.1) is 16.4 Å². The summed E-state index contributed by atoms with van der Waals surface area (Å²) in [6.07, 6.45) is 0. The van der Waals surface area contributed by atoms with Gasteiger partial charge in [0.15, 0.2) is 0 Å². The number of aromatic nitrogens is 4. The van der Waals surface area contributed by atoms with Gasteiger partial charge >= 0.3 is 0 Å². The zero-order valence-electron chi connectivity index (χ0n) is 14.6. The molecule has 138 valence electrons. The number of nitro benzene ring substituents is 1. The summed E-state index contributed by atoms with van der Waals surface area (Å²) in [5.41, 5.74) is 3.20. The van der Waals surface area contributed by atoms with E-state index in [0.717, 1.165) is 16.8 Å². The van der Waals surface area contributed by atoms with Gasteiger partial charge in [0.1, 0.15) is 0 Å². The van der Waals surface area contributed by atoms with E-state index in [1.165, 1.54) is 30.0 Å². The highest BCUT2D eigenvalue weighted by Crippen LogP contribution is 2.24. The van der Waals surface area contributed by atoms with Crippen LogP contribution in [0.1, 0.15) is 11.1 Å². The molecule has 0 aliphatic heterocycles. The van der Waals surface area contributed by atoms with Crippen molar-refractivity contribution >= 4 is 29.0 Å². The number of carbonyl (C=O) groups excluding carboxylic acids is 1. The van der Waals surface area contributed by atoms with E-state index < -0.39 is 4.92 Å². The highest BCUT2D eigenvalue weighted by atomic mass is 32.2. The van der Waals surface area contributed by atoms with Crippen LogP contribution in [0.25, 0.3) is 5.69 Å². The standard InChI is InChI=1S/C17H16N6O3S/c1-11-5-3-6-12(2)16(11)22-17(19-20-21-22)27-10-15(24)18-13-7-4-8-14(9-13)23(25)26/h3-9H,10H2,1-2H3,(H,18,24). The van der Waals surface area contributed by atoms with E-state index in [-0.39, 0.29) is 17.3 Å². The lowest BCUT2D eigenvalue weighted by molar-refractivity contribution is -0.384. The van der Waals surface area contributed by atoms with Crippen LogP contribution in [0.3, 0.4) is 0 Å². The number of carbonyl (C=O) groups is 1. The van der Waals surface area contributed by atoms with Gasteiger partial charge in [-0.3, -0.25) is 14.9 Å². The Bertz CT molecular complexity index is 984. The number of tetrazole rings is 1. The summed E-state index contributed by atoms with van der Waals surface area (Å²) < 4.78 is 1.61. The van der Waals surface area contributed by atoms with Crippen molar-refractivity contribution in [3.63, 3.8) is 0 Å². The summed E-state index contributed by atoms with van der Waals surface area (Å²) in [7, 11) is 0. The third-order valence-corrected chi connectivity index (χ3v) is 4.68. The molecule has 0 spiro atoms. The van der Waals surface area contributed by atoms with E-state index in [0.29, 0.717) is 10.8 Å². The minimum atomic E-state index is -0.511. The number of nitro groups is 1. The fourth-order valence-corrected chi connectivity index (χ4v) is 3.25. The molecule has 0 bridgehead atoms. The third kappa shape index (κ3) is 4.29. The zero-order valence-corrected chi connectivity index (χ0v) is 15.4. The number of rotatable bonds is 6. The molecule has 3 rings (SSSR count). The molecule has 0 aliphatic carbocycles. The van der Waals surface area contributed by atoms with Crippen molar-refractivity contribution in [3.8, 4) is 5.69 Å². The normalized spacial score (nSPS) is 10.6. The second-order valence-electron chi connectivity index (χ2n) is 5.76. The minimum absolute atomic E-state index is 0.0635. The van der Waals surface area contributed by atoms with E-state index in [1.54, 1.807) is 10.7 Å². The van der Waals surface area contributed by atoms with Crippen LogP contribution in [-0.2, 0) is 4.79 Å². The summed E-state index contributed by atoms with van der Waals surface area (Å²) >= 11 is 1.18. The van der Waals surface area contributed by atoms with E-state index in [4.69, 9.17) is 0 Å². The monoisotopic (exact) mass is 384 g/mol. The first-order valence-electron chi connectivity index (χ1n) is 7.98. The van der Waals surface area contributed by atoms with Crippen molar-refractivity contribution in [2.24, 2.45) is 0 Å². The highest BCUT2D eigenvalue weighted by Gasteiger charge is 2.15. The highest BCUT2D eigenvalue weighted by molar-refractivity contribution is 7.99. The van der Waals surface area contributed by atoms with Gasteiger partial charge in [-0.05, 0) is 41.5 Å². The summed E-state index contributed by atoms with van der Waals surface area (Å²) in [6, 6.07) is 11.7. The molecule has 0 unspecified atom stereocenters. The molecule has 2 aromatic carbocycles. The van der Waals surface area contributed by atoms with Crippen LogP contribution >= 0.6 is 11.8 Å². The molecule has 1 aromatic heterocycles. The molecule has 0 saturated heterocycles. The Morgan fingerprint density at radius 3 is 2.63 bits per heavy atom. The number of anilines is 1. The van der Waals surface area contributed by atoms with Crippen LogP contribution in [-0.4, -0.2) is 36.8 Å². The van der Waals surface area contributed by atoms with E-state index in [9.17, 15) is 14.9 Å². The van der Waals surface area contributed by atoms with Crippen LogP contribution in [0.2, 0.25) is 0 Å². The van der Waals surface area contributed by atoms with Crippen molar-refractivity contribution < 1.29 is 9.72 Å². The second kappa shape index (κ2) is 7.96. The zero-order chi connectivity index (χ0) is 19.4. The number of aryl methyl sites for hydroxylation is 2. The van der Waals surface area contributed by atoms with Crippen molar-refractivity contribution in [2.75, 3.05) is 11.1 Å². The number of nitrogens with zero attached hydrogens (tertiary/aromatic N) is 5. The summed E-state index contributed by atoms with van der Waals surface area (Å²) in [5.74, 6) is -0.245. The molecule has 0 radical (unpaired) electrons. The predicted octanol–water partition coefficient (Wildman–Crippen LogP) is 2.92.